The van der Waals surface area contributed by atoms with Crippen molar-refractivity contribution in [1.82, 2.24) is 9.38 Å². The van der Waals surface area contributed by atoms with Crippen LogP contribution in [0.3, 0.4) is 0 Å². The number of hydrogen-bond donors (Lipinski definition) is 1. The quantitative estimate of drug-likeness (QED) is 0.733. The molecule has 0 amide bonds. The van der Waals surface area contributed by atoms with Gasteiger partial charge in [0.2, 0.25) is 0 Å². The predicted molar refractivity (Wildman–Crippen MR) is 66.4 cm³/mol. The van der Waals surface area contributed by atoms with Crippen molar-refractivity contribution in [1.29, 1.82) is 0 Å². The van der Waals surface area contributed by atoms with Gasteiger partial charge in [-0.3, -0.25) is 0 Å². The van der Waals surface area contributed by atoms with E-state index in [-0.39, 0.29) is 0 Å². The van der Waals surface area contributed by atoms with E-state index in [2.05, 4.69) is 16.4 Å². The summed E-state index contributed by atoms with van der Waals surface area (Å²) < 4.78 is 2.02. The molecule has 0 spiro atoms. The molecule has 16 heavy (non-hydrogen) atoms. The highest BCUT2D eigenvalue weighted by atomic mass is 32.1. The fourth-order valence-electron chi connectivity index (χ4n) is 1.69. The molecule has 0 saturated heterocycles. The molecule has 0 saturated carbocycles. The van der Waals surface area contributed by atoms with E-state index in [4.69, 9.17) is 5.73 Å². The average molecular weight is 229 g/mol. The van der Waals surface area contributed by atoms with E-state index in [0.29, 0.717) is 6.54 Å². The standard InChI is InChI=1S/C12H11N3S/c13-7-9-3-4-15-8-10(14-12(15)6-9)11-2-1-5-16-11/h1-6,8H,7,13H2. The number of rotatable bonds is 2. The van der Waals surface area contributed by atoms with Gasteiger partial charge in [-0.2, -0.15) is 0 Å². The number of nitrogens with zero attached hydrogens (tertiary/aromatic N) is 2. The maximum absolute atomic E-state index is 5.61. The van der Waals surface area contributed by atoms with Gasteiger partial charge in [0.25, 0.3) is 0 Å². The molecule has 3 nitrogen and oxygen atoms in total. The SMILES string of the molecule is NCc1ccn2cc(-c3cccs3)nc2c1. The van der Waals surface area contributed by atoms with Crippen molar-refractivity contribution in [2.24, 2.45) is 5.73 Å². The fraction of sp³-hybridized carbons (Fsp3) is 0.0833. The summed E-state index contributed by atoms with van der Waals surface area (Å²) in [6.07, 6.45) is 4.04. The summed E-state index contributed by atoms with van der Waals surface area (Å²) in [4.78, 5) is 5.77. The van der Waals surface area contributed by atoms with Crippen LogP contribution in [0.15, 0.2) is 42.0 Å². The van der Waals surface area contributed by atoms with Crippen LogP contribution in [0, 0.1) is 0 Å². The summed E-state index contributed by atoms with van der Waals surface area (Å²) in [7, 11) is 0. The molecule has 0 aromatic carbocycles. The van der Waals surface area contributed by atoms with E-state index in [0.717, 1.165) is 16.9 Å². The monoisotopic (exact) mass is 229 g/mol. The number of aromatic nitrogens is 2. The van der Waals surface area contributed by atoms with Crippen LogP contribution in [0.1, 0.15) is 5.56 Å². The van der Waals surface area contributed by atoms with Gasteiger partial charge < -0.3 is 10.1 Å². The first-order chi connectivity index (χ1) is 7.86. The molecule has 0 aliphatic heterocycles. The minimum Gasteiger partial charge on any atom is -0.326 e. The Balaban J connectivity index is 2.16. The highest BCUT2D eigenvalue weighted by molar-refractivity contribution is 7.13. The van der Waals surface area contributed by atoms with E-state index >= 15 is 0 Å². The Morgan fingerprint density at radius 2 is 2.31 bits per heavy atom. The Morgan fingerprint density at radius 3 is 3.06 bits per heavy atom. The van der Waals surface area contributed by atoms with Crippen molar-refractivity contribution >= 4 is 17.0 Å². The zero-order valence-electron chi connectivity index (χ0n) is 8.63. The van der Waals surface area contributed by atoms with Gasteiger partial charge >= 0.3 is 0 Å². The molecular formula is C12H11N3S. The first kappa shape index (κ1) is 9.57. The van der Waals surface area contributed by atoms with E-state index in [1.807, 2.05) is 35.0 Å². The van der Waals surface area contributed by atoms with Crippen LogP contribution in [-0.2, 0) is 6.54 Å². The molecule has 2 N–H and O–H groups in total. The summed E-state index contributed by atoms with van der Waals surface area (Å²) in [6, 6.07) is 8.16. The summed E-state index contributed by atoms with van der Waals surface area (Å²) in [5, 5.41) is 2.06. The average Bonchev–Trinajstić information content (AvgIpc) is 2.96. The number of pyridine rings is 1. The van der Waals surface area contributed by atoms with Crippen LogP contribution in [-0.4, -0.2) is 9.38 Å². The lowest BCUT2D eigenvalue weighted by atomic mass is 10.3. The Hall–Kier alpha value is -1.65. The largest absolute Gasteiger partial charge is 0.326 e. The summed E-state index contributed by atoms with van der Waals surface area (Å²) in [5.74, 6) is 0. The molecule has 3 aromatic heterocycles. The normalized spacial score (nSPS) is 11.1. The lowest BCUT2D eigenvalue weighted by Gasteiger charge is -1.96. The second kappa shape index (κ2) is 3.73. The highest BCUT2D eigenvalue weighted by Crippen LogP contribution is 2.24. The molecule has 0 bridgehead atoms. The van der Waals surface area contributed by atoms with Gasteiger partial charge in [0, 0.05) is 18.9 Å². The van der Waals surface area contributed by atoms with Crippen molar-refractivity contribution in [3.05, 3.63) is 47.6 Å². The molecule has 0 aliphatic carbocycles. The Morgan fingerprint density at radius 1 is 1.38 bits per heavy atom. The molecule has 0 radical (unpaired) electrons. The third-order valence-corrected chi connectivity index (χ3v) is 3.43. The van der Waals surface area contributed by atoms with Gasteiger partial charge in [-0.15, -0.1) is 11.3 Å². The van der Waals surface area contributed by atoms with Gasteiger partial charge in [0.15, 0.2) is 0 Å². The maximum atomic E-state index is 5.61. The van der Waals surface area contributed by atoms with Gasteiger partial charge in [-0.1, -0.05) is 6.07 Å². The molecule has 80 valence electrons. The number of fused-ring (bicyclic) bond motifs is 1. The summed E-state index contributed by atoms with van der Waals surface area (Å²) in [5.41, 5.74) is 8.68. The Bertz CT molecular complexity index is 610. The predicted octanol–water partition coefficient (Wildman–Crippen LogP) is 2.52. The van der Waals surface area contributed by atoms with Crippen LogP contribution < -0.4 is 5.73 Å². The van der Waals surface area contributed by atoms with E-state index < -0.39 is 0 Å². The van der Waals surface area contributed by atoms with Crippen molar-refractivity contribution in [2.45, 2.75) is 6.54 Å². The van der Waals surface area contributed by atoms with Crippen molar-refractivity contribution in [2.75, 3.05) is 0 Å². The first-order valence-electron chi connectivity index (χ1n) is 5.08. The van der Waals surface area contributed by atoms with Gasteiger partial charge in [-0.05, 0) is 29.1 Å². The summed E-state index contributed by atoms with van der Waals surface area (Å²) in [6.45, 7) is 0.553. The number of nitrogens with two attached hydrogens (primary N) is 1. The van der Waals surface area contributed by atoms with Crippen LogP contribution in [0.5, 0.6) is 0 Å². The number of imidazole rings is 1. The lowest BCUT2D eigenvalue weighted by Crippen LogP contribution is -1.96. The third kappa shape index (κ3) is 1.52. The van der Waals surface area contributed by atoms with Crippen LogP contribution in [0.25, 0.3) is 16.2 Å². The zero-order chi connectivity index (χ0) is 11.0. The van der Waals surface area contributed by atoms with Gasteiger partial charge in [0.1, 0.15) is 5.65 Å². The number of thiophene rings is 1. The van der Waals surface area contributed by atoms with Crippen molar-refractivity contribution < 1.29 is 0 Å². The molecule has 0 unspecified atom stereocenters. The van der Waals surface area contributed by atoms with Crippen LogP contribution in [0.4, 0.5) is 0 Å². The van der Waals surface area contributed by atoms with E-state index in [1.54, 1.807) is 11.3 Å². The van der Waals surface area contributed by atoms with Gasteiger partial charge in [0.05, 0.1) is 10.6 Å². The van der Waals surface area contributed by atoms with Crippen LogP contribution in [0.2, 0.25) is 0 Å². The molecule has 3 rings (SSSR count). The maximum Gasteiger partial charge on any atom is 0.137 e. The molecule has 4 heteroatoms. The second-order valence-corrected chi connectivity index (χ2v) is 4.56. The first-order valence-corrected chi connectivity index (χ1v) is 5.96. The Kier molecular flexibility index (Phi) is 2.23. The molecule has 3 aromatic rings. The fourth-order valence-corrected chi connectivity index (χ4v) is 2.37. The Labute approximate surface area is 97.2 Å². The lowest BCUT2D eigenvalue weighted by molar-refractivity contribution is 1.05. The molecular weight excluding hydrogens is 218 g/mol. The number of hydrogen-bond acceptors (Lipinski definition) is 3. The molecule has 0 aliphatic rings. The van der Waals surface area contributed by atoms with Crippen molar-refractivity contribution in [3.8, 4) is 10.6 Å². The van der Waals surface area contributed by atoms with Gasteiger partial charge in [-0.25, -0.2) is 4.98 Å². The molecule has 3 heterocycles. The third-order valence-electron chi connectivity index (χ3n) is 2.53. The summed E-state index contributed by atoms with van der Waals surface area (Å²) >= 11 is 1.70. The zero-order valence-corrected chi connectivity index (χ0v) is 9.45. The minimum absolute atomic E-state index is 0.553. The van der Waals surface area contributed by atoms with E-state index in [9.17, 15) is 0 Å². The van der Waals surface area contributed by atoms with Crippen molar-refractivity contribution in [3.63, 3.8) is 0 Å². The second-order valence-electron chi connectivity index (χ2n) is 3.61. The smallest absolute Gasteiger partial charge is 0.137 e. The minimum atomic E-state index is 0.553. The topological polar surface area (TPSA) is 43.3 Å². The van der Waals surface area contributed by atoms with E-state index in [1.165, 1.54) is 4.88 Å². The molecule has 0 fully saturated rings. The molecule has 0 atom stereocenters. The van der Waals surface area contributed by atoms with Crippen LogP contribution >= 0.6 is 11.3 Å². The highest BCUT2D eigenvalue weighted by Gasteiger charge is 2.05.